The Morgan fingerprint density at radius 2 is 2.24 bits per heavy atom. The fourth-order valence-corrected chi connectivity index (χ4v) is 1.37. The first-order valence-electron chi connectivity index (χ1n) is 5.18. The molecular weight excluding hydrogens is 218 g/mol. The van der Waals surface area contributed by atoms with Gasteiger partial charge in [-0.15, -0.1) is 0 Å². The molecule has 0 saturated carbocycles. The van der Waals surface area contributed by atoms with Crippen LogP contribution in [0.3, 0.4) is 0 Å². The van der Waals surface area contributed by atoms with Gasteiger partial charge in [-0.1, -0.05) is 43.0 Å². The van der Waals surface area contributed by atoms with Crippen molar-refractivity contribution in [2.24, 2.45) is 5.11 Å². The summed E-state index contributed by atoms with van der Waals surface area (Å²) in [6.45, 7) is 3.57. The number of aryl methyl sites for hydroxylation is 1. The Bertz CT molecular complexity index is 425. The number of azide groups is 1. The second-order valence-electron chi connectivity index (χ2n) is 3.37. The molecule has 1 aromatic carbocycles. The molecule has 0 bridgehead atoms. The van der Waals surface area contributed by atoms with Crippen molar-refractivity contribution < 1.29 is 9.53 Å². The summed E-state index contributed by atoms with van der Waals surface area (Å²) in [5.41, 5.74) is 9.21. The summed E-state index contributed by atoms with van der Waals surface area (Å²) in [5, 5.41) is 2.84. The van der Waals surface area contributed by atoms with E-state index >= 15 is 0 Å². The quantitative estimate of drug-likeness (QED) is 0.336. The van der Waals surface area contributed by atoms with E-state index in [1.807, 2.05) is 30.3 Å². The van der Waals surface area contributed by atoms with E-state index in [9.17, 15) is 4.79 Å². The third-order valence-electron chi connectivity index (χ3n) is 2.20. The van der Waals surface area contributed by atoms with Gasteiger partial charge in [0.25, 0.3) is 0 Å². The van der Waals surface area contributed by atoms with E-state index < -0.39 is 12.2 Å². The van der Waals surface area contributed by atoms with Crippen LogP contribution >= 0.6 is 0 Å². The lowest BCUT2D eigenvalue weighted by molar-refractivity contribution is 0.125. The van der Waals surface area contributed by atoms with Crippen LogP contribution < -0.4 is 0 Å². The molecule has 0 fully saturated rings. The maximum absolute atomic E-state index is 10.9. The van der Waals surface area contributed by atoms with Crippen molar-refractivity contribution in [1.82, 2.24) is 0 Å². The van der Waals surface area contributed by atoms with Crippen LogP contribution in [0.25, 0.3) is 10.4 Å². The zero-order chi connectivity index (χ0) is 12.5. The van der Waals surface area contributed by atoms with E-state index in [2.05, 4.69) is 16.6 Å². The van der Waals surface area contributed by atoms with Crippen molar-refractivity contribution in [3.8, 4) is 0 Å². The lowest BCUT2D eigenvalue weighted by Crippen LogP contribution is -2.13. The van der Waals surface area contributed by atoms with Gasteiger partial charge < -0.3 is 4.74 Å². The Kier molecular flexibility index (Phi) is 5.34. The number of benzene rings is 1. The molecule has 1 atom stereocenters. The molecule has 1 aromatic rings. The molecule has 0 aliphatic heterocycles. The Morgan fingerprint density at radius 3 is 2.82 bits per heavy atom. The first-order chi connectivity index (χ1) is 8.26. The number of carbonyl (C=O) groups is 1. The summed E-state index contributed by atoms with van der Waals surface area (Å²) < 4.78 is 4.88. The molecule has 1 amide bonds. The van der Waals surface area contributed by atoms with Gasteiger partial charge in [0.15, 0.2) is 0 Å². The van der Waals surface area contributed by atoms with Crippen molar-refractivity contribution in [3.05, 3.63) is 59.0 Å². The lowest BCUT2D eigenvalue weighted by atomic mass is 10.1. The number of hydrogen-bond donors (Lipinski definition) is 0. The molecule has 0 aromatic heterocycles. The van der Waals surface area contributed by atoms with Crippen LogP contribution in [0.4, 0.5) is 4.79 Å². The highest BCUT2D eigenvalue weighted by molar-refractivity contribution is 5.68. The van der Waals surface area contributed by atoms with Gasteiger partial charge in [0.05, 0.1) is 0 Å². The van der Waals surface area contributed by atoms with E-state index in [1.54, 1.807) is 0 Å². The molecule has 1 rings (SSSR count). The Hall–Kier alpha value is -2.26. The summed E-state index contributed by atoms with van der Waals surface area (Å²) in [5.74, 6) is 0. The molecule has 0 N–H and O–H groups in total. The van der Waals surface area contributed by atoms with Crippen LogP contribution in [0, 0.1) is 0 Å². The van der Waals surface area contributed by atoms with Crippen molar-refractivity contribution >= 4 is 6.09 Å². The van der Waals surface area contributed by atoms with E-state index in [0.717, 1.165) is 12.0 Å². The molecule has 0 aliphatic rings. The van der Waals surface area contributed by atoms with E-state index in [4.69, 9.17) is 10.3 Å². The Morgan fingerprint density at radius 1 is 1.53 bits per heavy atom. The van der Waals surface area contributed by atoms with Gasteiger partial charge in [-0.25, -0.2) is 4.79 Å². The molecule has 88 valence electrons. The number of nitrogens with zero attached hydrogens (tertiary/aromatic N) is 3. The van der Waals surface area contributed by atoms with Gasteiger partial charge in [0.1, 0.15) is 6.10 Å². The topological polar surface area (TPSA) is 75.1 Å². The van der Waals surface area contributed by atoms with Crippen molar-refractivity contribution in [2.45, 2.75) is 18.9 Å². The van der Waals surface area contributed by atoms with Gasteiger partial charge in [-0.3, -0.25) is 0 Å². The lowest BCUT2D eigenvalue weighted by Gasteiger charge is -2.11. The SMILES string of the molecule is C=CC(CCc1ccccc1)OC(=O)N=[N+]=[N-]. The predicted octanol–water partition coefficient (Wildman–Crippen LogP) is 3.62. The van der Waals surface area contributed by atoms with E-state index in [0.29, 0.717) is 6.42 Å². The average Bonchev–Trinajstić information content (AvgIpc) is 2.36. The largest absolute Gasteiger partial charge is 0.453 e. The number of amides is 1. The number of ether oxygens (including phenoxy) is 1. The van der Waals surface area contributed by atoms with Gasteiger partial charge in [-0.05, 0) is 23.9 Å². The molecular formula is C12H13N3O2. The zero-order valence-electron chi connectivity index (χ0n) is 9.32. The monoisotopic (exact) mass is 231 g/mol. The highest BCUT2D eigenvalue weighted by atomic mass is 16.6. The van der Waals surface area contributed by atoms with Crippen LogP contribution in [0.15, 0.2) is 48.1 Å². The molecule has 1 unspecified atom stereocenters. The number of hydrogen-bond acceptors (Lipinski definition) is 2. The third kappa shape index (κ3) is 4.86. The first kappa shape index (κ1) is 12.8. The average molecular weight is 231 g/mol. The van der Waals surface area contributed by atoms with Crippen LogP contribution in [0.2, 0.25) is 0 Å². The summed E-state index contributed by atoms with van der Waals surface area (Å²) >= 11 is 0. The summed E-state index contributed by atoms with van der Waals surface area (Å²) in [6.07, 6.45) is 1.54. The van der Waals surface area contributed by atoms with Crippen molar-refractivity contribution in [2.75, 3.05) is 0 Å². The second-order valence-corrected chi connectivity index (χ2v) is 3.37. The summed E-state index contributed by atoms with van der Waals surface area (Å²) in [6, 6.07) is 9.83. The summed E-state index contributed by atoms with van der Waals surface area (Å²) in [4.78, 5) is 13.3. The molecule has 5 nitrogen and oxygen atoms in total. The first-order valence-corrected chi connectivity index (χ1v) is 5.18. The molecule has 0 heterocycles. The van der Waals surface area contributed by atoms with Crippen LogP contribution in [-0.2, 0) is 11.2 Å². The predicted molar refractivity (Wildman–Crippen MR) is 64.4 cm³/mol. The number of carbonyl (C=O) groups excluding carboxylic acids is 1. The Balaban J connectivity index is 2.45. The second kappa shape index (κ2) is 7.09. The highest BCUT2D eigenvalue weighted by Gasteiger charge is 2.09. The maximum atomic E-state index is 10.9. The zero-order valence-corrected chi connectivity index (χ0v) is 9.32. The van der Waals surface area contributed by atoms with E-state index in [1.165, 1.54) is 6.08 Å². The number of rotatable bonds is 5. The fraction of sp³-hybridized carbons (Fsp3) is 0.250. The minimum Gasteiger partial charge on any atom is -0.453 e. The van der Waals surface area contributed by atoms with Crippen LogP contribution in [0.1, 0.15) is 12.0 Å². The Labute approximate surface area is 99.3 Å². The van der Waals surface area contributed by atoms with E-state index in [-0.39, 0.29) is 0 Å². The molecule has 0 spiro atoms. The van der Waals surface area contributed by atoms with Crippen LogP contribution in [0.5, 0.6) is 0 Å². The molecule has 0 radical (unpaired) electrons. The standard InChI is InChI=1S/C12H13N3O2/c1-2-11(17-12(16)14-15-13)9-8-10-6-4-3-5-7-10/h2-7,11H,1,8-9H2. The van der Waals surface area contributed by atoms with Gasteiger partial charge >= 0.3 is 6.09 Å². The molecule has 0 saturated heterocycles. The fourth-order valence-electron chi connectivity index (χ4n) is 1.37. The molecule has 5 heteroatoms. The normalized spacial score (nSPS) is 11.1. The molecule has 0 aliphatic carbocycles. The van der Waals surface area contributed by atoms with Gasteiger partial charge in [0, 0.05) is 10.0 Å². The highest BCUT2D eigenvalue weighted by Crippen LogP contribution is 2.09. The molecule has 17 heavy (non-hydrogen) atoms. The minimum absolute atomic E-state index is 0.437. The van der Waals surface area contributed by atoms with Crippen LogP contribution in [-0.4, -0.2) is 12.2 Å². The smallest absolute Gasteiger partial charge is 0.397 e. The van der Waals surface area contributed by atoms with Gasteiger partial charge in [0.2, 0.25) is 0 Å². The maximum Gasteiger partial charge on any atom is 0.397 e. The van der Waals surface area contributed by atoms with Gasteiger partial charge in [-0.2, -0.15) is 0 Å². The van der Waals surface area contributed by atoms with Crippen molar-refractivity contribution in [3.63, 3.8) is 0 Å². The van der Waals surface area contributed by atoms with Crippen molar-refractivity contribution in [1.29, 1.82) is 0 Å². The minimum atomic E-state index is -0.925. The summed E-state index contributed by atoms with van der Waals surface area (Å²) in [7, 11) is 0. The third-order valence-corrected chi connectivity index (χ3v) is 2.20.